The van der Waals surface area contributed by atoms with Gasteiger partial charge in [0.2, 0.25) is 5.91 Å². The van der Waals surface area contributed by atoms with Crippen molar-refractivity contribution in [1.29, 1.82) is 0 Å². The Bertz CT molecular complexity index is 371. The average molecular weight is 204 g/mol. The maximum atomic E-state index is 11.0. The van der Waals surface area contributed by atoms with Crippen LogP contribution in [0.4, 0.5) is 0 Å². The fourth-order valence-electron chi connectivity index (χ4n) is 0.970. The van der Waals surface area contributed by atoms with Crippen molar-refractivity contribution in [2.24, 2.45) is 0 Å². The highest BCUT2D eigenvalue weighted by atomic mass is 16.2. The number of aldehydes is 1. The van der Waals surface area contributed by atoms with E-state index in [1.165, 1.54) is 6.08 Å². The number of aromatic nitrogens is 1. The molecule has 1 rings (SSSR count). The summed E-state index contributed by atoms with van der Waals surface area (Å²) in [5.74, 6) is -0.190. The maximum absolute atomic E-state index is 11.0. The molecule has 4 nitrogen and oxygen atoms in total. The van der Waals surface area contributed by atoms with Gasteiger partial charge in [-0.2, -0.15) is 0 Å². The Labute approximate surface area is 88.0 Å². The molecule has 0 aliphatic heterocycles. The number of hydrogen-bond donors (Lipinski definition) is 1. The van der Waals surface area contributed by atoms with Gasteiger partial charge in [0.05, 0.1) is 11.4 Å². The van der Waals surface area contributed by atoms with E-state index >= 15 is 0 Å². The molecule has 0 unspecified atom stereocenters. The highest BCUT2D eigenvalue weighted by Crippen LogP contribution is 1.99. The second kappa shape index (κ2) is 5.70. The summed E-state index contributed by atoms with van der Waals surface area (Å²) in [7, 11) is 0. The van der Waals surface area contributed by atoms with Crippen molar-refractivity contribution in [2.45, 2.75) is 13.3 Å². The highest BCUT2D eigenvalue weighted by Gasteiger charge is 2.00. The van der Waals surface area contributed by atoms with Gasteiger partial charge < -0.3 is 5.32 Å². The lowest BCUT2D eigenvalue weighted by Crippen LogP contribution is -2.22. The standard InChI is InChI=1S/C11H12N2O2/c1-2-11(15)13-10(8-14)7-9-5-3-4-6-12-9/h3-8H,2H2,1H3,(H,13,15)/b10-7+. The molecule has 0 saturated heterocycles. The van der Waals surface area contributed by atoms with E-state index < -0.39 is 0 Å². The molecule has 4 heteroatoms. The number of allylic oxidation sites excluding steroid dienone is 1. The van der Waals surface area contributed by atoms with Crippen LogP contribution in [0.15, 0.2) is 30.1 Å². The number of carbonyl (C=O) groups is 2. The smallest absolute Gasteiger partial charge is 0.224 e. The van der Waals surface area contributed by atoms with E-state index in [0.717, 1.165) is 0 Å². The van der Waals surface area contributed by atoms with Gasteiger partial charge in [-0.05, 0) is 18.2 Å². The predicted octanol–water partition coefficient (Wildman–Crippen LogP) is 1.15. The van der Waals surface area contributed by atoms with Crippen LogP contribution in [0.5, 0.6) is 0 Å². The summed E-state index contributed by atoms with van der Waals surface area (Å²) in [6.07, 6.45) is 4.09. The summed E-state index contributed by atoms with van der Waals surface area (Å²) in [4.78, 5) is 25.7. The summed E-state index contributed by atoms with van der Waals surface area (Å²) < 4.78 is 0. The molecular weight excluding hydrogens is 192 g/mol. The van der Waals surface area contributed by atoms with E-state index in [4.69, 9.17) is 0 Å². The SMILES string of the molecule is CCC(=O)N/C(C=O)=C/c1ccccn1. The molecule has 1 N–H and O–H groups in total. The molecule has 78 valence electrons. The Morgan fingerprint density at radius 3 is 2.87 bits per heavy atom. The monoisotopic (exact) mass is 204 g/mol. The molecule has 0 aliphatic carbocycles. The minimum Gasteiger partial charge on any atom is -0.323 e. The first-order valence-corrected chi connectivity index (χ1v) is 4.64. The van der Waals surface area contributed by atoms with Crippen LogP contribution in [0, 0.1) is 0 Å². The number of rotatable bonds is 4. The van der Waals surface area contributed by atoms with Gasteiger partial charge in [-0.25, -0.2) is 0 Å². The fourth-order valence-corrected chi connectivity index (χ4v) is 0.970. The van der Waals surface area contributed by atoms with Crippen molar-refractivity contribution >= 4 is 18.3 Å². The summed E-state index contributed by atoms with van der Waals surface area (Å²) in [6, 6.07) is 5.34. The summed E-state index contributed by atoms with van der Waals surface area (Å²) >= 11 is 0. The Kier molecular flexibility index (Phi) is 4.22. The molecule has 0 atom stereocenters. The van der Waals surface area contributed by atoms with Gasteiger partial charge in [0.25, 0.3) is 0 Å². The first-order valence-electron chi connectivity index (χ1n) is 4.64. The minimum atomic E-state index is -0.190. The third-order valence-corrected chi connectivity index (χ3v) is 1.72. The lowest BCUT2D eigenvalue weighted by Gasteiger charge is -2.01. The third-order valence-electron chi connectivity index (χ3n) is 1.72. The van der Waals surface area contributed by atoms with Crippen molar-refractivity contribution in [2.75, 3.05) is 0 Å². The number of nitrogens with zero attached hydrogens (tertiary/aromatic N) is 1. The Morgan fingerprint density at radius 2 is 2.33 bits per heavy atom. The van der Waals surface area contributed by atoms with Crippen LogP contribution in [0.2, 0.25) is 0 Å². The molecule has 0 fully saturated rings. The Balaban J connectivity index is 2.79. The van der Waals surface area contributed by atoms with Crippen molar-refractivity contribution in [3.63, 3.8) is 0 Å². The predicted molar refractivity (Wildman–Crippen MR) is 56.7 cm³/mol. The molecule has 0 aliphatic rings. The van der Waals surface area contributed by atoms with Crippen LogP contribution in [-0.4, -0.2) is 17.2 Å². The van der Waals surface area contributed by atoms with E-state index in [0.29, 0.717) is 18.4 Å². The zero-order valence-corrected chi connectivity index (χ0v) is 8.43. The zero-order valence-electron chi connectivity index (χ0n) is 8.43. The second-order valence-electron chi connectivity index (χ2n) is 2.87. The van der Waals surface area contributed by atoms with Crippen LogP contribution >= 0.6 is 0 Å². The van der Waals surface area contributed by atoms with Gasteiger partial charge in [-0.1, -0.05) is 13.0 Å². The van der Waals surface area contributed by atoms with Gasteiger partial charge in [-0.3, -0.25) is 14.6 Å². The summed E-state index contributed by atoms with van der Waals surface area (Å²) in [5, 5.41) is 2.48. The van der Waals surface area contributed by atoms with Crippen LogP contribution in [0.25, 0.3) is 6.08 Å². The number of pyridine rings is 1. The van der Waals surface area contributed by atoms with E-state index in [-0.39, 0.29) is 11.6 Å². The molecule has 0 bridgehead atoms. The fraction of sp³-hybridized carbons (Fsp3) is 0.182. The molecule has 1 amide bonds. The molecule has 0 saturated carbocycles. The van der Waals surface area contributed by atoms with Crippen LogP contribution < -0.4 is 5.32 Å². The second-order valence-corrected chi connectivity index (χ2v) is 2.87. The van der Waals surface area contributed by atoms with Crippen LogP contribution in [-0.2, 0) is 9.59 Å². The Hall–Kier alpha value is -1.97. The number of nitrogens with one attached hydrogen (secondary N) is 1. The average Bonchev–Trinajstić information content (AvgIpc) is 2.29. The molecule has 0 aromatic carbocycles. The van der Waals surface area contributed by atoms with Crippen molar-refractivity contribution in [3.8, 4) is 0 Å². The summed E-state index contributed by atoms with van der Waals surface area (Å²) in [6.45, 7) is 1.72. The van der Waals surface area contributed by atoms with Gasteiger partial charge in [0, 0.05) is 12.6 Å². The van der Waals surface area contributed by atoms with E-state index in [9.17, 15) is 9.59 Å². The van der Waals surface area contributed by atoms with Crippen molar-refractivity contribution < 1.29 is 9.59 Å². The normalized spacial score (nSPS) is 10.9. The minimum absolute atomic E-state index is 0.190. The largest absolute Gasteiger partial charge is 0.323 e. The molecule has 1 aromatic rings. The maximum Gasteiger partial charge on any atom is 0.224 e. The van der Waals surface area contributed by atoms with E-state index in [1.807, 2.05) is 6.07 Å². The molecular formula is C11H12N2O2. The number of amides is 1. The van der Waals surface area contributed by atoms with E-state index in [1.54, 1.807) is 25.3 Å². The summed E-state index contributed by atoms with van der Waals surface area (Å²) in [5.41, 5.74) is 0.858. The lowest BCUT2D eigenvalue weighted by atomic mass is 10.3. The van der Waals surface area contributed by atoms with Gasteiger partial charge in [0.1, 0.15) is 0 Å². The van der Waals surface area contributed by atoms with Gasteiger partial charge in [-0.15, -0.1) is 0 Å². The quantitative estimate of drug-likeness (QED) is 0.591. The van der Waals surface area contributed by atoms with Crippen molar-refractivity contribution in [1.82, 2.24) is 10.3 Å². The van der Waals surface area contributed by atoms with Gasteiger partial charge in [0.15, 0.2) is 6.29 Å². The third kappa shape index (κ3) is 3.72. The highest BCUT2D eigenvalue weighted by molar-refractivity contribution is 5.89. The molecule has 0 radical (unpaired) electrons. The molecule has 1 heterocycles. The molecule has 15 heavy (non-hydrogen) atoms. The van der Waals surface area contributed by atoms with Gasteiger partial charge >= 0.3 is 0 Å². The van der Waals surface area contributed by atoms with Crippen LogP contribution in [0.1, 0.15) is 19.0 Å². The first kappa shape index (κ1) is 11.1. The zero-order chi connectivity index (χ0) is 11.1. The van der Waals surface area contributed by atoms with E-state index in [2.05, 4.69) is 10.3 Å². The first-order chi connectivity index (χ1) is 7.26. The lowest BCUT2D eigenvalue weighted by molar-refractivity contribution is -0.121. The Morgan fingerprint density at radius 1 is 1.53 bits per heavy atom. The molecule has 1 aromatic heterocycles. The number of hydrogen-bond acceptors (Lipinski definition) is 3. The molecule has 0 spiro atoms. The van der Waals surface area contributed by atoms with Crippen molar-refractivity contribution in [3.05, 3.63) is 35.8 Å². The number of carbonyl (C=O) groups excluding carboxylic acids is 2. The van der Waals surface area contributed by atoms with Crippen LogP contribution in [0.3, 0.4) is 0 Å². The topological polar surface area (TPSA) is 59.1 Å².